The summed E-state index contributed by atoms with van der Waals surface area (Å²) < 4.78 is 5.66. The van der Waals surface area contributed by atoms with Crippen LogP contribution in [0.15, 0.2) is 54.1 Å². The van der Waals surface area contributed by atoms with Crippen LogP contribution < -0.4 is 15.0 Å². The molecule has 2 heterocycles. The number of amides is 3. The van der Waals surface area contributed by atoms with Crippen molar-refractivity contribution in [3.05, 3.63) is 59.7 Å². The zero-order valence-corrected chi connectivity index (χ0v) is 16.9. The van der Waals surface area contributed by atoms with E-state index in [-0.39, 0.29) is 43.3 Å². The molecule has 0 fully saturated rings. The molecule has 3 amide bonds. The monoisotopic (exact) mass is 405 g/mol. The molecule has 0 spiro atoms. The van der Waals surface area contributed by atoms with E-state index in [4.69, 9.17) is 4.74 Å². The van der Waals surface area contributed by atoms with Gasteiger partial charge in [0.25, 0.3) is 5.91 Å². The summed E-state index contributed by atoms with van der Waals surface area (Å²) in [5.41, 5.74) is 2.56. The van der Waals surface area contributed by atoms with Crippen LogP contribution in [-0.4, -0.2) is 48.9 Å². The summed E-state index contributed by atoms with van der Waals surface area (Å²) in [5, 5.41) is 2.84. The Labute approximate surface area is 174 Å². The molecule has 2 aromatic rings. The number of anilines is 2. The number of nitrogens with zero attached hydrogens (tertiary/aromatic N) is 2. The van der Waals surface area contributed by atoms with Gasteiger partial charge in [0.2, 0.25) is 11.8 Å². The van der Waals surface area contributed by atoms with Gasteiger partial charge in [0.15, 0.2) is 0 Å². The van der Waals surface area contributed by atoms with Crippen molar-refractivity contribution < 1.29 is 19.1 Å². The molecule has 0 radical (unpaired) electrons. The topological polar surface area (TPSA) is 79.0 Å². The molecule has 0 saturated carbocycles. The third-order valence-corrected chi connectivity index (χ3v) is 5.25. The predicted molar refractivity (Wildman–Crippen MR) is 114 cm³/mol. The molecule has 30 heavy (non-hydrogen) atoms. The molecular formula is C23H23N3O4. The van der Waals surface area contributed by atoms with Gasteiger partial charge in [-0.1, -0.05) is 30.3 Å². The third kappa shape index (κ3) is 3.78. The second-order valence-electron chi connectivity index (χ2n) is 7.54. The molecular weight excluding hydrogens is 382 g/mol. The van der Waals surface area contributed by atoms with Crippen LogP contribution in [-0.2, 0) is 14.4 Å². The molecule has 1 N–H and O–H groups in total. The van der Waals surface area contributed by atoms with Gasteiger partial charge in [0.1, 0.15) is 18.9 Å². The highest BCUT2D eigenvalue weighted by Gasteiger charge is 2.31. The van der Waals surface area contributed by atoms with Crippen LogP contribution in [0, 0.1) is 0 Å². The predicted octanol–water partition coefficient (Wildman–Crippen LogP) is 2.68. The summed E-state index contributed by atoms with van der Waals surface area (Å²) in [4.78, 5) is 41.2. The fourth-order valence-electron chi connectivity index (χ4n) is 3.80. The van der Waals surface area contributed by atoms with Gasteiger partial charge in [-0.15, -0.1) is 0 Å². The Balaban J connectivity index is 1.53. The number of benzene rings is 2. The zero-order valence-electron chi connectivity index (χ0n) is 16.9. The second kappa shape index (κ2) is 8.02. The number of rotatable bonds is 3. The molecule has 7 heteroatoms. The van der Waals surface area contributed by atoms with Crippen LogP contribution in [0.4, 0.5) is 11.4 Å². The van der Waals surface area contributed by atoms with Crippen molar-refractivity contribution >= 4 is 35.2 Å². The number of fused-ring (bicyclic) bond motifs is 2. The second-order valence-corrected chi connectivity index (χ2v) is 7.54. The highest BCUT2D eigenvalue weighted by Crippen LogP contribution is 2.31. The van der Waals surface area contributed by atoms with Gasteiger partial charge >= 0.3 is 0 Å². The van der Waals surface area contributed by atoms with E-state index in [0.29, 0.717) is 16.9 Å². The zero-order chi connectivity index (χ0) is 21.3. The average molecular weight is 405 g/mol. The maximum atomic E-state index is 13.2. The highest BCUT2D eigenvalue weighted by molar-refractivity contribution is 6.07. The van der Waals surface area contributed by atoms with Crippen LogP contribution in [0.1, 0.15) is 18.9 Å². The number of carbonyl (C=O) groups is 3. The van der Waals surface area contributed by atoms with Crippen molar-refractivity contribution in [1.82, 2.24) is 4.90 Å². The van der Waals surface area contributed by atoms with Gasteiger partial charge in [-0.2, -0.15) is 0 Å². The van der Waals surface area contributed by atoms with Crippen molar-refractivity contribution in [1.29, 1.82) is 0 Å². The Kier molecular flexibility index (Phi) is 5.27. The van der Waals surface area contributed by atoms with Gasteiger partial charge in [-0.05, 0) is 31.2 Å². The van der Waals surface area contributed by atoms with E-state index in [0.717, 1.165) is 11.3 Å². The van der Waals surface area contributed by atoms with E-state index < -0.39 is 0 Å². The molecule has 1 atom stereocenters. The minimum absolute atomic E-state index is 0.106. The molecule has 154 valence electrons. The van der Waals surface area contributed by atoms with Crippen molar-refractivity contribution in [2.24, 2.45) is 0 Å². The molecule has 0 saturated heterocycles. The van der Waals surface area contributed by atoms with E-state index in [2.05, 4.69) is 5.32 Å². The summed E-state index contributed by atoms with van der Waals surface area (Å²) in [6.45, 7) is 1.89. The Morgan fingerprint density at radius 1 is 1.17 bits per heavy atom. The smallest absolute Gasteiger partial charge is 0.253 e. The Morgan fingerprint density at radius 3 is 2.73 bits per heavy atom. The first-order valence-corrected chi connectivity index (χ1v) is 9.83. The standard InChI is InChI=1S/C23H23N3O4/c1-15-11-21(27)24-18-8-4-5-9-19(18)26(15)22(28)13-25(2)23(29)17-12-16-7-3-6-10-20(16)30-14-17/h3-10,12,15H,11,13-14H2,1-2H3,(H,24,27)/t15-/m1/s1. The summed E-state index contributed by atoms with van der Waals surface area (Å²) >= 11 is 0. The first-order valence-electron chi connectivity index (χ1n) is 9.83. The lowest BCUT2D eigenvalue weighted by Crippen LogP contribution is -2.46. The van der Waals surface area contributed by atoms with Crippen LogP contribution in [0.5, 0.6) is 5.75 Å². The van der Waals surface area contributed by atoms with Crippen molar-refractivity contribution in [3.63, 3.8) is 0 Å². The maximum Gasteiger partial charge on any atom is 0.253 e. The molecule has 2 aliphatic rings. The van der Waals surface area contributed by atoms with E-state index in [1.165, 1.54) is 4.90 Å². The number of hydrogen-bond acceptors (Lipinski definition) is 4. The normalized spacial score (nSPS) is 17.5. The molecule has 0 aliphatic carbocycles. The third-order valence-electron chi connectivity index (χ3n) is 5.25. The minimum Gasteiger partial charge on any atom is -0.488 e. The number of para-hydroxylation sites is 3. The van der Waals surface area contributed by atoms with E-state index in [9.17, 15) is 14.4 Å². The highest BCUT2D eigenvalue weighted by atomic mass is 16.5. The first kappa shape index (κ1) is 19.7. The average Bonchev–Trinajstić information content (AvgIpc) is 2.86. The molecule has 7 nitrogen and oxygen atoms in total. The van der Waals surface area contributed by atoms with Crippen LogP contribution in [0.25, 0.3) is 6.08 Å². The lowest BCUT2D eigenvalue weighted by Gasteiger charge is -2.30. The SMILES string of the molecule is C[C@@H]1CC(=O)Nc2ccccc2N1C(=O)CN(C)C(=O)C1=Cc2ccccc2OC1. The number of likely N-dealkylation sites (N-methyl/N-ethyl adjacent to an activating group) is 1. The summed E-state index contributed by atoms with van der Waals surface area (Å²) in [6.07, 6.45) is 1.99. The fourth-order valence-corrected chi connectivity index (χ4v) is 3.80. The van der Waals surface area contributed by atoms with Crippen LogP contribution in [0.2, 0.25) is 0 Å². The maximum absolute atomic E-state index is 13.2. The summed E-state index contributed by atoms with van der Waals surface area (Å²) in [7, 11) is 1.60. The summed E-state index contributed by atoms with van der Waals surface area (Å²) in [6, 6.07) is 14.4. The van der Waals surface area contributed by atoms with E-state index in [1.54, 1.807) is 36.2 Å². The van der Waals surface area contributed by atoms with Gasteiger partial charge in [0, 0.05) is 25.1 Å². The number of hydrogen-bond donors (Lipinski definition) is 1. The van der Waals surface area contributed by atoms with Gasteiger partial charge in [-0.3, -0.25) is 14.4 Å². The first-order chi connectivity index (χ1) is 14.4. The fraction of sp³-hybridized carbons (Fsp3) is 0.261. The molecule has 0 unspecified atom stereocenters. The van der Waals surface area contributed by atoms with Crippen LogP contribution in [0.3, 0.4) is 0 Å². The number of ether oxygens (including phenoxy) is 1. The van der Waals surface area contributed by atoms with Crippen molar-refractivity contribution in [2.45, 2.75) is 19.4 Å². The number of carbonyl (C=O) groups excluding carboxylic acids is 3. The van der Waals surface area contributed by atoms with Crippen molar-refractivity contribution in [3.8, 4) is 5.75 Å². The number of nitrogens with one attached hydrogen (secondary N) is 1. The molecule has 0 aromatic heterocycles. The quantitative estimate of drug-likeness (QED) is 0.852. The van der Waals surface area contributed by atoms with E-state index in [1.807, 2.05) is 37.3 Å². The van der Waals surface area contributed by atoms with Crippen molar-refractivity contribution in [2.75, 3.05) is 30.4 Å². The lowest BCUT2D eigenvalue weighted by molar-refractivity contribution is -0.131. The largest absolute Gasteiger partial charge is 0.488 e. The van der Waals surface area contributed by atoms with Gasteiger partial charge in [-0.25, -0.2) is 0 Å². The molecule has 2 aromatic carbocycles. The minimum atomic E-state index is -0.325. The molecule has 4 rings (SSSR count). The Hall–Kier alpha value is -3.61. The van der Waals surface area contributed by atoms with Gasteiger partial charge in [0.05, 0.1) is 16.9 Å². The van der Waals surface area contributed by atoms with Gasteiger partial charge < -0.3 is 19.9 Å². The Morgan fingerprint density at radius 2 is 1.90 bits per heavy atom. The van der Waals surface area contributed by atoms with E-state index >= 15 is 0 Å². The lowest BCUT2D eigenvalue weighted by atomic mass is 10.1. The summed E-state index contributed by atoms with van der Waals surface area (Å²) in [5.74, 6) is 0.0839. The van der Waals surface area contributed by atoms with Crippen LogP contribution >= 0.6 is 0 Å². The molecule has 2 aliphatic heterocycles. The molecule has 0 bridgehead atoms. The Bertz CT molecular complexity index is 1050.